The molecule has 0 radical (unpaired) electrons. The first-order valence-corrected chi connectivity index (χ1v) is 13.6. The molecule has 4 aromatic rings. The molecule has 14 heteroatoms. The van der Waals surface area contributed by atoms with Crippen LogP contribution < -0.4 is 11.4 Å². The molecule has 1 amide bonds. The van der Waals surface area contributed by atoms with Gasteiger partial charge in [0, 0.05) is 30.9 Å². The number of H-pyrrole nitrogens is 1. The van der Waals surface area contributed by atoms with Gasteiger partial charge in [-0.15, -0.1) is 0 Å². The number of benzene rings is 2. The van der Waals surface area contributed by atoms with E-state index >= 15 is 0 Å². The van der Waals surface area contributed by atoms with Crippen LogP contribution in [-0.4, -0.2) is 57.3 Å². The van der Waals surface area contributed by atoms with Gasteiger partial charge in [0.1, 0.15) is 0 Å². The number of nitrogens with two attached hydrogens (primary N) is 1. The van der Waals surface area contributed by atoms with Crippen molar-refractivity contribution >= 4 is 51.3 Å². The number of carbonyl (C=O) groups is 2. The van der Waals surface area contributed by atoms with Crippen LogP contribution in [-0.2, 0) is 26.9 Å². The summed E-state index contributed by atoms with van der Waals surface area (Å²) in [5, 5.41) is 0.480. The number of rotatable bonds is 6. The fourth-order valence-corrected chi connectivity index (χ4v) is 5.48. The number of para-hydroxylation sites is 1. The number of ether oxygens (including phenoxy) is 2. The zero-order valence-corrected chi connectivity index (χ0v) is 23.2. The Labute approximate surface area is 242 Å². The second kappa shape index (κ2) is 11.6. The number of esters is 1. The topological polar surface area (TPSA) is 133 Å². The number of halogens is 4. The molecule has 2 aromatic carbocycles. The normalized spacial score (nSPS) is 15.2. The standard InChI is InChI=1S/C28H27ClF3N5O5/c1-2-41-25(38)22(13-15-11-18(28(30,31)32)23(33)19(29)12-15)42-27(40)36-9-7-16(8-10-36)37-21-14-34-20-6-4-3-5-17(20)24(21)35-26(37)39/h3-6,11-12,14,16,22H,2,7-10,13,33H2,1H3,(H,35,39)/t22-/m1/s1. The number of pyridine rings is 1. The Hall–Kier alpha value is -4.26. The van der Waals surface area contributed by atoms with Gasteiger partial charge >= 0.3 is 23.9 Å². The number of nitrogen functional groups attached to an aromatic ring is 1. The highest BCUT2D eigenvalue weighted by molar-refractivity contribution is 6.33. The summed E-state index contributed by atoms with van der Waals surface area (Å²) >= 11 is 5.92. The molecule has 3 N–H and O–H groups in total. The number of alkyl halides is 3. The van der Waals surface area contributed by atoms with E-state index in [0.29, 0.717) is 23.9 Å². The maximum absolute atomic E-state index is 13.4. The number of amides is 1. The zero-order valence-electron chi connectivity index (χ0n) is 22.4. The van der Waals surface area contributed by atoms with Gasteiger partial charge in [-0.3, -0.25) is 9.55 Å². The molecule has 0 aliphatic carbocycles. The van der Waals surface area contributed by atoms with E-state index in [4.69, 9.17) is 26.8 Å². The number of carbonyl (C=O) groups excluding carboxylic acids is 2. The van der Waals surface area contributed by atoms with Crippen molar-refractivity contribution in [3.63, 3.8) is 0 Å². The van der Waals surface area contributed by atoms with Crippen LogP contribution in [0, 0.1) is 0 Å². The minimum Gasteiger partial charge on any atom is -0.463 e. The van der Waals surface area contributed by atoms with Gasteiger partial charge in [-0.05, 0) is 43.5 Å². The first kappa shape index (κ1) is 29.2. The van der Waals surface area contributed by atoms with Crippen molar-refractivity contribution < 1.29 is 32.2 Å². The number of fused-ring (bicyclic) bond motifs is 3. The van der Waals surface area contributed by atoms with Crippen LogP contribution in [0.25, 0.3) is 21.9 Å². The van der Waals surface area contributed by atoms with Crippen LogP contribution in [0.4, 0.5) is 23.7 Å². The third-order valence-corrected chi connectivity index (χ3v) is 7.57. The lowest BCUT2D eigenvalue weighted by Gasteiger charge is -2.32. The van der Waals surface area contributed by atoms with Gasteiger partial charge in [0.25, 0.3) is 0 Å². The smallest absolute Gasteiger partial charge is 0.418 e. The molecule has 222 valence electrons. The quantitative estimate of drug-likeness (QED) is 0.231. The van der Waals surface area contributed by atoms with Gasteiger partial charge in [-0.25, -0.2) is 14.4 Å². The highest BCUT2D eigenvalue weighted by Crippen LogP contribution is 2.38. The maximum Gasteiger partial charge on any atom is 0.418 e. The maximum atomic E-state index is 13.4. The van der Waals surface area contributed by atoms with E-state index in [1.54, 1.807) is 17.7 Å². The Morgan fingerprint density at radius 2 is 1.93 bits per heavy atom. The Morgan fingerprint density at radius 1 is 1.21 bits per heavy atom. The Morgan fingerprint density at radius 3 is 2.62 bits per heavy atom. The largest absolute Gasteiger partial charge is 0.463 e. The van der Waals surface area contributed by atoms with E-state index in [9.17, 15) is 27.6 Å². The molecule has 42 heavy (non-hydrogen) atoms. The highest BCUT2D eigenvalue weighted by atomic mass is 35.5. The Kier molecular flexibility index (Phi) is 8.04. The van der Waals surface area contributed by atoms with Crippen LogP contribution in [0.2, 0.25) is 5.02 Å². The fourth-order valence-electron chi connectivity index (χ4n) is 5.24. The van der Waals surface area contributed by atoms with Crippen molar-refractivity contribution in [2.45, 2.75) is 44.5 Å². The van der Waals surface area contributed by atoms with Crippen LogP contribution in [0.1, 0.15) is 36.9 Å². The van der Waals surface area contributed by atoms with Crippen molar-refractivity contribution in [1.82, 2.24) is 19.4 Å². The molecule has 2 aromatic heterocycles. The minimum absolute atomic E-state index is 0.00840. The molecule has 0 saturated carbocycles. The first-order chi connectivity index (χ1) is 20.0. The van der Waals surface area contributed by atoms with E-state index in [1.165, 1.54) is 11.0 Å². The number of hydrogen-bond donors (Lipinski definition) is 2. The van der Waals surface area contributed by atoms with E-state index in [-0.39, 0.29) is 42.0 Å². The average molecular weight is 606 g/mol. The summed E-state index contributed by atoms with van der Waals surface area (Å²) in [5.74, 6) is -0.910. The average Bonchev–Trinajstić information content (AvgIpc) is 3.30. The summed E-state index contributed by atoms with van der Waals surface area (Å²) in [4.78, 5) is 47.4. The van der Waals surface area contributed by atoms with Crippen LogP contribution >= 0.6 is 11.6 Å². The lowest BCUT2D eigenvalue weighted by Crippen LogP contribution is -2.43. The minimum atomic E-state index is -4.78. The molecule has 5 rings (SSSR count). The fraction of sp³-hybridized carbons (Fsp3) is 0.357. The second-order valence-corrected chi connectivity index (χ2v) is 10.3. The summed E-state index contributed by atoms with van der Waals surface area (Å²) in [6, 6.07) is 9.20. The van der Waals surface area contributed by atoms with Gasteiger partial charge in [-0.1, -0.05) is 29.8 Å². The van der Waals surface area contributed by atoms with Gasteiger partial charge in [0.05, 0.1) is 45.6 Å². The number of nitrogens with one attached hydrogen (secondary N) is 1. The lowest BCUT2D eigenvalue weighted by atomic mass is 10.0. The van der Waals surface area contributed by atoms with Crippen LogP contribution in [0.15, 0.2) is 47.4 Å². The first-order valence-electron chi connectivity index (χ1n) is 13.2. The van der Waals surface area contributed by atoms with Crippen molar-refractivity contribution in [1.29, 1.82) is 0 Å². The summed E-state index contributed by atoms with van der Waals surface area (Å²) < 4.78 is 52.4. The number of aromatic nitrogens is 3. The molecule has 1 aliphatic heterocycles. The summed E-state index contributed by atoms with van der Waals surface area (Å²) in [7, 11) is 0. The predicted molar refractivity (Wildman–Crippen MR) is 149 cm³/mol. The van der Waals surface area contributed by atoms with Crippen molar-refractivity contribution in [2.24, 2.45) is 0 Å². The van der Waals surface area contributed by atoms with Crippen LogP contribution in [0.5, 0.6) is 0 Å². The number of piperidine rings is 1. The predicted octanol–water partition coefficient (Wildman–Crippen LogP) is 5.08. The summed E-state index contributed by atoms with van der Waals surface area (Å²) in [6.07, 6.45) is -5.05. The number of hydrogen-bond acceptors (Lipinski definition) is 7. The number of anilines is 1. The van der Waals surface area contributed by atoms with E-state index in [1.807, 2.05) is 24.3 Å². The zero-order chi connectivity index (χ0) is 30.2. The Bertz CT molecular complexity index is 1710. The molecule has 1 aliphatic rings. The van der Waals surface area contributed by atoms with Gasteiger partial charge in [-0.2, -0.15) is 13.2 Å². The molecular formula is C28H27ClF3N5O5. The number of aromatic amines is 1. The van der Waals surface area contributed by atoms with Crippen molar-refractivity contribution in [2.75, 3.05) is 25.4 Å². The second-order valence-electron chi connectivity index (χ2n) is 9.92. The molecule has 1 atom stereocenters. The molecule has 3 heterocycles. The van der Waals surface area contributed by atoms with E-state index in [0.717, 1.165) is 17.0 Å². The molecule has 1 saturated heterocycles. The van der Waals surface area contributed by atoms with Gasteiger partial charge in [0.2, 0.25) is 6.10 Å². The van der Waals surface area contributed by atoms with Crippen molar-refractivity contribution in [3.8, 4) is 0 Å². The monoisotopic (exact) mass is 605 g/mol. The Balaban J connectivity index is 1.30. The van der Waals surface area contributed by atoms with Crippen molar-refractivity contribution in [3.05, 3.63) is 69.2 Å². The molecular weight excluding hydrogens is 579 g/mol. The van der Waals surface area contributed by atoms with Crippen LogP contribution in [0.3, 0.4) is 0 Å². The summed E-state index contributed by atoms with van der Waals surface area (Å²) in [6.45, 7) is 1.95. The number of likely N-dealkylation sites (tertiary alicyclic amines) is 1. The molecule has 1 fully saturated rings. The molecule has 0 spiro atoms. The van der Waals surface area contributed by atoms with E-state index < -0.39 is 42.0 Å². The number of imidazole rings is 1. The SMILES string of the molecule is CCOC(=O)[C@@H](Cc1cc(Cl)c(N)c(C(F)(F)F)c1)OC(=O)N1CCC(n2c(=O)[nH]c3c4ccccc4ncc32)CC1. The van der Waals surface area contributed by atoms with Gasteiger partial charge in [0.15, 0.2) is 0 Å². The lowest BCUT2D eigenvalue weighted by molar-refractivity contribution is -0.153. The van der Waals surface area contributed by atoms with E-state index in [2.05, 4.69) is 9.97 Å². The van der Waals surface area contributed by atoms with Gasteiger partial charge < -0.3 is 25.1 Å². The number of nitrogens with zero attached hydrogens (tertiary/aromatic N) is 3. The molecule has 0 bridgehead atoms. The highest BCUT2D eigenvalue weighted by Gasteiger charge is 2.36. The molecule has 0 unspecified atom stereocenters. The molecule has 10 nitrogen and oxygen atoms in total. The summed E-state index contributed by atoms with van der Waals surface area (Å²) in [5.41, 5.74) is 5.50. The third-order valence-electron chi connectivity index (χ3n) is 7.26. The third kappa shape index (κ3) is 5.73.